The van der Waals surface area contributed by atoms with E-state index < -0.39 is 25.5 Å². The Labute approximate surface area is 192 Å². The molecule has 2 unspecified atom stereocenters. The van der Waals surface area contributed by atoms with E-state index in [1.807, 2.05) is 18.2 Å². The van der Waals surface area contributed by atoms with Crippen LogP contribution in [0.5, 0.6) is 0 Å². The molecule has 0 N–H and O–H groups in total. The minimum absolute atomic E-state index is 0.147. The first-order valence-electron chi connectivity index (χ1n) is 11.9. The van der Waals surface area contributed by atoms with Gasteiger partial charge in [-0.25, -0.2) is 0 Å². The molecule has 0 aromatic heterocycles. The molecule has 0 spiro atoms. The summed E-state index contributed by atoms with van der Waals surface area (Å²) >= 11 is 0.882. The predicted molar refractivity (Wildman–Crippen MR) is 133 cm³/mol. The zero-order valence-corrected chi connectivity index (χ0v) is 23.1. The van der Waals surface area contributed by atoms with E-state index in [1.54, 1.807) is 32.2 Å². The molecule has 2 rings (SSSR count). The van der Waals surface area contributed by atoms with E-state index in [2.05, 4.69) is 32.9 Å². The maximum absolute atomic E-state index is 10.4. The molecule has 0 bridgehead atoms. The number of unbranched alkanes of at least 4 members (excludes halogenated alkanes) is 3. The Morgan fingerprint density at radius 3 is 2.00 bits per heavy atom. The number of methoxy groups -OCH3 is 1. The number of rotatable bonds is 12. The molecule has 2 atom stereocenters. The quantitative estimate of drug-likeness (QED) is 0.256. The predicted octanol–water partition coefficient (Wildman–Crippen LogP) is 8.78. The van der Waals surface area contributed by atoms with Crippen molar-refractivity contribution in [3.05, 3.63) is 36.1 Å². The molecule has 1 aliphatic rings. The van der Waals surface area contributed by atoms with Crippen molar-refractivity contribution in [2.75, 3.05) is 7.11 Å². The SMILES string of the molecule is CCC[CH2][Sn+]([CH2]CCC)[CH2]CCC.COC1([N-])CCCCC1Sc1ccccc1. The van der Waals surface area contributed by atoms with Gasteiger partial charge in [-0.05, 0) is 30.7 Å². The summed E-state index contributed by atoms with van der Waals surface area (Å²) in [4.78, 5) is 1.20. The summed E-state index contributed by atoms with van der Waals surface area (Å²) < 4.78 is 10.3. The van der Waals surface area contributed by atoms with Gasteiger partial charge >= 0.3 is 92.4 Å². The molecule has 1 radical (unpaired) electrons. The third-order valence-electron chi connectivity index (χ3n) is 5.78. The van der Waals surface area contributed by atoms with Crippen molar-refractivity contribution in [2.45, 2.75) is 114 Å². The van der Waals surface area contributed by atoms with E-state index in [0.717, 1.165) is 19.3 Å². The average Bonchev–Trinajstić information content (AvgIpc) is 2.76. The van der Waals surface area contributed by atoms with E-state index in [4.69, 9.17) is 4.74 Å². The van der Waals surface area contributed by atoms with Crippen LogP contribution in [0.25, 0.3) is 5.73 Å². The fourth-order valence-corrected chi connectivity index (χ4v) is 14.6. The average molecular weight is 525 g/mol. The third-order valence-corrected chi connectivity index (χ3v) is 16.3. The minimum atomic E-state index is -0.946. The van der Waals surface area contributed by atoms with Gasteiger partial charge in [-0.3, -0.25) is 0 Å². The van der Waals surface area contributed by atoms with Crippen LogP contribution in [0.1, 0.15) is 85.0 Å². The molecule has 4 heteroatoms. The van der Waals surface area contributed by atoms with Crippen LogP contribution in [0.3, 0.4) is 0 Å². The van der Waals surface area contributed by atoms with E-state index >= 15 is 0 Å². The van der Waals surface area contributed by atoms with Gasteiger partial charge in [0.15, 0.2) is 0 Å². The first-order chi connectivity index (χ1) is 14.1. The van der Waals surface area contributed by atoms with Crippen LogP contribution in [-0.4, -0.2) is 37.8 Å². The summed E-state index contributed by atoms with van der Waals surface area (Å²) in [6.45, 7) is 7.00. The molecule has 1 aromatic rings. The van der Waals surface area contributed by atoms with Crippen molar-refractivity contribution < 1.29 is 4.74 Å². The number of benzene rings is 1. The number of hydrogen-bond acceptors (Lipinski definition) is 2. The Morgan fingerprint density at radius 2 is 1.52 bits per heavy atom. The maximum atomic E-state index is 10.4. The number of nitrogens with zero attached hydrogens (tertiary/aromatic N) is 1. The van der Waals surface area contributed by atoms with Crippen molar-refractivity contribution in [3.8, 4) is 0 Å². The fourth-order valence-electron chi connectivity index (χ4n) is 3.80. The smallest absolute Gasteiger partial charge is 0.0338 e. The monoisotopic (exact) mass is 526 g/mol. The summed E-state index contributed by atoms with van der Waals surface area (Å²) in [6, 6.07) is 10.2. The second kappa shape index (κ2) is 16.9. The second-order valence-corrected chi connectivity index (χ2v) is 18.1. The molecule has 29 heavy (non-hydrogen) atoms. The van der Waals surface area contributed by atoms with Crippen LogP contribution in [0.2, 0.25) is 13.3 Å². The largest absolute Gasteiger partial charge is 0.777 e. The van der Waals surface area contributed by atoms with Crippen LogP contribution >= 0.6 is 11.8 Å². The normalized spacial score (nSPS) is 21.3. The van der Waals surface area contributed by atoms with Crippen molar-refractivity contribution in [3.63, 3.8) is 0 Å². The van der Waals surface area contributed by atoms with Crippen LogP contribution < -0.4 is 0 Å². The third kappa shape index (κ3) is 11.5. The van der Waals surface area contributed by atoms with Gasteiger partial charge in [0.25, 0.3) is 0 Å². The molecular formula is C25H44NOSSn. The van der Waals surface area contributed by atoms with Gasteiger partial charge in [0.1, 0.15) is 0 Å². The zero-order chi connectivity index (χ0) is 21.4. The molecule has 1 aromatic carbocycles. The van der Waals surface area contributed by atoms with Crippen molar-refractivity contribution in [2.24, 2.45) is 0 Å². The van der Waals surface area contributed by atoms with Gasteiger partial charge in [0, 0.05) is 17.3 Å². The summed E-state index contributed by atoms with van der Waals surface area (Å²) in [5.41, 5.74) is 9.41. The molecule has 0 amide bonds. The fraction of sp³-hybridized carbons (Fsp3) is 0.760. The van der Waals surface area contributed by atoms with Gasteiger partial charge in [0.2, 0.25) is 0 Å². The van der Waals surface area contributed by atoms with Gasteiger partial charge < -0.3 is 10.5 Å². The molecular weight excluding hydrogens is 481 g/mol. The second-order valence-electron chi connectivity index (χ2n) is 8.27. The molecule has 1 fully saturated rings. The van der Waals surface area contributed by atoms with E-state index in [-0.39, 0.29) is 5.25 Å². The number of hydrogen-bond donors (Lipinski definition) is 0. The molecule has 1 saturated carbocycles. The van der Waals surface area contributed by atoms with Crippen LogP contribution in [0.4, 0.5) is 0 Å². The Morgan fingerprint density at radius 1 is 0.966 bits per heavy atom. The van der Waals surface area contributed by atoms with E-state index in [0.29, 0.717) is 0 Å². The molecule has 0 heterocycles. The Balaban J connectivity index is 0.000000298. The van der Waals surface area contributed by atoms with Crippen LogP contribution in [0.15, 0.2) is 35.2 Å². The zero-order valence-electron chi connectivity index (χ0n) is 19.4. The van der Waals surface area contributed by atoms with Crippen molar-refractivity contribution in [1.82, 2.24) is 0 Å². The summed E-state index contributed by atoms with van der Waals surface area (Å²) in [5, 5.41) is 0.147. The summed E-state index contributed by atoms with van der Waals surface area (Å²) in [6.07, 6.45) is 12.8. The Hall–Kier alpha value is 0.289. The number of thioether (sulfide) groups is 1. The van der Waals surface area contributed by atoms with E-state index in [1.165, 1.54) is 49.8 Å². The first-order valence-corrected chi connectivity index (χ1v) is 18.9. The molecule has 165 valence electrons. The molecule has 0 saturated heterocycles. The molecule has 1 aliphatic carbocycles. The summed E-state index contributed by atoms with van der Waals surface area (Å²) in [7, 11) is 1.60. The Kier molecular flexibility index (Phi) is 15.9. The minimum Gasteiger partial charge on any atom is -0.777 e. The van der Waals surface area contributed by atoms with Crippen LogP contribution in [0, 0.1) is 0 Å². The molecule has 0 aliphatic heterocycles. The van der Waals surface area contributed by atoms with Crippen LogP contribution in [-0.2, 0) is 4.74 Å². The number of ether oxygens (including phenoxy) is 1. The van der Waals surface area contributed by atoms with Gasteiger partial charge in [-0.1, -0.05) is 31.0 Å². The van der Waals surface area contributed by atoms with Gasteiger partial charge in [-0.2, -0.15) is 0 Å². The van der Waals surface area contributed by atoms with Crippen molar-refractivity contribution >= 4 is 31.5 Å². The van der Waals surface area contributed by atoms with Crippen molar-refractivity contribution in [1.29, 1.82) is 0 Å². The van der Waals surface area contributed by atoms with Gasteiger partial charge in [0.05, 0.1) is 0 Å². The topological polar surface area (TPSA) is 31.5 Å². The maximum Gasteiger partial charge on any atom is 0.0338 e. The van der Waals surface area contributed by atoms with E-state index in [9.17, 15) is 5.73 Å². The summed E-state index contributed by atoms with van der Waals surface area (Å²) in [5.74, 6) is 0. The standard InChI is InChI=1S/C13H17NOS.3C4H9.Sn/c1-15-13(14)10-6-5-9-12(13)16-11-7-3-2-4-8-11;3*1-3-4-2;/h2-4,7-8,12H,5-6,9-10H2,1H3;3*1,3-4H2,2H3;/q-1;;;;+1. The molecule has 2 nitrogen and oxygen atoms in total. The van der Waals surface area contributed by atoms with Gasteiger partial charge in [-0.15, -0.1) is 11.8 Å². The first kappa shape index (κ1) is 27.3. The Bertz CT molecular complexity index is 482.